The minimum atomic E-state index is -0.732. The van der Waals surface area contributed by atoms with Crippen molar-refractivity contribution in [3.63, 3.8) is 0 Å². The second kappa shape index (κ2) is 10.1. The molecular formula is C18H20ClN5O4. The molecule has 0 spiro atoms. The summed E-state index contributed by atoms with van der Waals surface area (Å²) in [6.07, 6.45) is 0.513. The van der Waals surface area contributed by atoms with Gasteiger partial charge in [-0.1, -0.05) is 29.8 Å². The van der Waals surface area contributed by atoms with Gasteiger partial charge in [-0.3, -0.25) is 10.1 Å². The lowest BCUT2D eigenvalue weighted by Gasteiger charge is -2.18. The van der Waals surface area contributed by atoms with E-state index < -0.39 is 12.0 Å². The van der Waals surface area contributed by atoms with Crippen LogP contribution in [-0.2, 0) is 11.3 Å². The highest BCUT2D eigenvalue weighted by molar-refractivity contribution is 6.31. The molecular weight excluding hydrogens is 386 g/mol. The molecule has 0 radical (unpaired) electrons. The molecule has 1 aromatic carbocycles. The van der Waals surface area contributed by atoms with Crippen molar-refractivity contribution in [1.82, 2.24) is 15.2 Å². The van der Waals surface area contributed by atoms with Gasteiger partial charge in [0.05, 0.1) is 12.1 Å². The van der Waals surface area contributed by atoms with E-state index in [9.17, 15) is 14.4 Å². The summed E-state index contributed by atoms with van der Waals surface area (Å²) in [7, 11) is 1.58. The molecule has 0 saturated carbocycles. The summed E-state index contributed by atoms with van der Waals surface area (Å²) in [5, 5.41) is 5.71. The summed E-state index contributed by atoms with van der Waals surface area (Å²) >= 11 is 6.04. The summed E-state index contributed by atoms with van der Waals surface area (Å²) in [6.45, 7) is 0.466. The number of nitrogens with one attached hydrogen (secondary N) is 2. The van der Waals surface area contributed by atoms with E-state index in [0.29, 0.717) is 5.02 Å². The van der Waals surface area contributed by atoms with Gasteiger partial charge in [-0.2, -0.15) is 0 Å². The second-order valence-electron chi connectivity index (χ2n) is 5.73. The van der Waals surface area contributed by atoms with Gasteiger partial charge in [0.15, 0.2) is 0 Å². The Morgan fingerprint density at radius 3 is 2.61 bits per heavy atom. The van der Waals surface area contributed by atoms with Gasteiger partial charge < -0.3 is 20.7 Å². The van der Waals surface area contributed by atoms with Crippen LogP contribution in [0.4, 0.5) is 15.4 Å². The normalized spacial score (nSPS) is 10.1. The van der Waals surface area contributed by atoms with E-state index in [1.807, 2.05) is 18.2 Å². The number of amides is 4. The van der Waals surface area contributed by atoms with Crippen molar-refractivity contribution in [2.24, 2.45) is 5.73 Å². The van der Waals surface area contributed by atoms with Gasteiger partial charge in [-0.05, 0) is 23.8 Å². The number of carbonyl (C=O) groups is 3. The smallest absolute Gasteiger partial charge is 0.412 e. The summed E-state index contributed by atoms with van der Waals surface area (Å²) in [5.41, 5.74) is 6.14. The average molecular weight is 406 g/mol. The lowest BCUT2D eigenvalue weighted by Crippen LogP contribution is -2.39. The van der Waals surface area contributed by atoms with E-state index in [1.54, 1.807) is 13.1 Å². The van der Waals surface area contributed by atoms with Crippen molar-refractivity contribution in [3.05, 3.63) is 58.7 Å². The zero-order valence-electron chi connectivity index (χ0n) is 15.1. The van der Waals surface area contributed by atoms with Crippen LogP contribution >= 0.6 is 11.6 Å². The molecule has 9 nitrogen and oxygen atoms in total. The highest BCUT2D eigenvalue weighted by Gasteiger charge is 2.11. The monoisotopic (exact) mass is 405 g/mol. The maximum Gasteiger partial charge on any atom is 0.412 e. The number of urea groups is 1. The number of anilines is 1. The van der Waals surface area contributed by atoms with Crippen LogP contribution in [0.25, 0.3) is 0 Å². The molecule has 0 fully saturated rings. The quantitative estimate of drug-likeness (QED) is 0.651. The number of hydrogen-bond donors (Lipinski definition) is 3. The standard InChI is InChI=1S/C18H20ClN5O4/c1-24(17(26)22-10-12-4-2-3-5-14(12)19)8-9-28-18(27)23-15-7-6-13(11-21-15)16(20)25/h2-7,11H,8-10H2,1H3,(H2,20,25)(H,22,26)(H,21,23,27). The zero-order chi connectivity index (χ0) is 20.5. The van der Waals surface area contributed by atoms with Crippen LogP contribution in [0.3, 0.4) is 0 Å². The number of halogens is 1. The SMILES string of the molecule is CN(CCOC(=O)Nc1ccc(C(N)=O)cn1)C(=O)NCc1ccccc1Cl. The largest absolute Gasteiger partial charge is 0.447 e. The van der Waals surface area contributed by atoms with Crippen molar-refractivity contribution in [3.8, 4) is 0 Å². The first-order valence-electron chi connectivity index (χ1n) is 8.29. The fraction of sp³-hybridized carbons (Fsp3) is 0.222. The number of primary amides is 1. The lowest BCUT2D eigenvalue weighted by atomic mass is 10.2. The molecule has 28 heavy (non-hydrogen) atoms. The van der Waals surface area contributed by atoms with Gasteiger partial charge in [0.1, 0.15) is 12.4 Å². The average Bonchev–Trinajstić information content (AvgIpc) is 2.67. The van der Waals surface area contributed by atoms with Gasteiger partial charge in [0.2, 0.25) is 5.91 Å². The molecule has 0 aliphatic rings. The first kappa shape index (κ1) is 21.0. The Labute approximate surface area is 166 Å². The van der Waals surface area contributed by atoms with Crippen LogP contribution < -0.4 is 16.4 Å². The molecule has 148 valence electrons. The molecule has 1 aromatic heterocycles. The molecule has 10 heteroatoms. The Balaban J connectivity index is 1.69. The van der Waals surface area contributed by atoms with Crippen LogP contribution in [0.2, 0.25) is 5.02 Å². The first-order chi connectivity index (χ1) is 13.4. The van der Waals surface area contributed by atoms with E-state index in [2.05, 4.69) is 15.6 Å². The third kappa shape index (κ3) is 6.44. The van der Waals surface area contributed by atoms with E-state index in [-0.39, 0.29) is 37.1 Å². The molecule has 4 amide bonds. The maximum atomic E-state index is 12.0. The second-order valence-corrected chi connectivity index (χ2v) is 6.14. The summed E-state index contributed by atoms with van der Waals surface area (Å²) < 4.78 is 5.00. The highest BCUT2D eigenvalue weighted by atomic mass is 35.5. The topological polar surface area (TPSA) is 127 Å². The van der Waals surface area contributed by atoms with E-state index in [0.717, 1.165) is 5.56 Å². The number of benzene rings is 1. The van der Waals surface area contributed by atoms with Gasteiger partial charge >= 0.3 is 12.1 Å². The Morgan fingerprint density at radius 1 is 1.21 bits per heavy atom. The van der Waals surface area contributed by atoms with Crippen molar-refractivity contribution in [2.45, 2.75) is 6.54 Å². The molecule has 0 atom stereocenters. The Morgan fingerprint density at radius 2 is 1.96 bits per heavy atom. The van der Waals surface area contributed by atoms with Crippen molar-refractivity contribution < 1.29 is 19.1 Å². The molecule has 2 aromatic rings. The number of carbonyl (C=O) groups excluding carboxylic acids is 3. The van der Waals surface area contributed by atoms with E-state index in [1.165, 1.54) is 23.2 Å². The Bertz CT molecular complexity index is 844. The number of ether oxygens (including phenoxy) is 1. The fourth-order valence-corrected chi connectivity index (χ4v) is 2.28. The first-order valence-corrected chi connectivity index (χ1v) is 8.66. The number of aromatic nitrogens is 1. The molecule has 0 aliphatic carbocycles. The predicted octanol–water partition coefficient (Wildman–Crippen LogP) is 2.22. The summed E-state index contributed by atoms with van der Waals surface area (Å²) in [5.74, 6) is -0.404. The van der Waals surface area contributed by atoms with E-state index >= 15 is 0 Å². The number of hydrogen-bond acceptors (Lipinski definition) is 5. The fourth-order valence-electron chi connectivity index (χ4n) is 2.08. The van der Waals surface area contributed by atoms with Gasteiger partial charge in [-0.15, -0.1) is 0 Å². The third-order valence-electron chi connectivity index (χ3n) is 3.67. The minimum Gasteiger partial charge on any atom is -0.447 e. The van der Waals surface area contributed by atoms with Crippen LogP contribution in [0.1, 0.15) is 15.9 Å². The van der Waals surface area contributed by atoms with Gasteiger partial charge in [0, 0.05) is 24.8 Å². The van der Waals surface area contributed by atoms with Crippen LogP contribution in [0, 0.1) is 0 Å². The molecule has 4 N–H and O–H groups in total. The van der Waals surface area contributed by atoms with Crippen LogP contribution in [0.15, 0.2) is 42.6 Å². The van der Waals surface area contributed by atoms with Gasteiger partial charge in [0.25, 0.3) is 0 Å². The Kier molecular flexibility index (Phi) is 7.58. The number of nitrogens with two attached hydrogens (primary N) is 1. The van der Waals surface area contributed by atoms with Crippen LogP contribution in [-0.4, -0.2) is 48.1 Å². The molecule has 0 saturated heterocycles. The third-order valence-corrected chi connectivity index (χ3v) is 4.04. The summed E-state index contributed by atoms with van der Waals surface area (Å²) in [4.78, 5) is 40.0. The minimum absolute atomic E-state index is 0.0127. The van der Waals surface area contributed by atoms with Crippen molar-refractivity contribution in [2.75, 3.05) is 25.5 Å². The number of rotatable bonds is 7. The van der Waals surface area contributed by atoms with Crippen LogP contribution in [0.5, 0.6) is 0 Å². The van der Waals surface area contributed by atoms with Gasteiger partial charge in [-0.25, -0.2) is 14.6 Å². The number of likely N-dealkylation sites (N-methyl/N-ethyl adjacent to an activating group) is 1. The predicted molar refractivity (Wildman–Crippen MR) is 104 cm³/mol. The molecule has 0 aliphatic heterocycles. The molecule has 0 unspecified atom stereocenters. The van der Waals surface area contributed by atoms with E-state index in [4.69, 9.17) is 22.1 Å². The van der Waals surface area contributed by atoms with Crippen molar-refractivity contribution in [1.29, 1.82) is 0 Å². The van der Waals surface area contributed by atoms with Crippen molar-refractivity contribution >= 4 is 35.5 Å². The molecule has 1 heterocycles. The molecule has 0 bridgehead atoms. The zero-order valence-corrected chi connectivity index (χ0v) is 15.9. The number of pyridine rings is 1. The lowest BCUT2D eigenvalue weighted by molar-refractivity contribution is 0.1000. The number of nitrogens with zero attached hydrogens (tertiary/aromatic N) is 2. The molecule has 2 rings (SSSR count). The summed E-state index contributed by atoms with van der Waals surface area (Å²) in [6, 6.07) is 9.74. The maximum absolute atomic E-state index is 12.0. The highest BCUT2D eigenvalue weighted by Crippen LogP contribution is 2.14. The Hall–Kier alpha value is -3.33.